The van der Waals surface area contributed by atoms with Crippen molar-refractivity contribution in [3.63, 3.8) is 0 Å². The molecule has 35 heavy (non-hydrogen) atoms. The maximum Gasteiger partial charge on any atom is 0.407 e. The Morgan fingerprint density at radius 2 is 1.63 bits per heavy atom. The van der Waals surface area contributed by atoms with E-state index in [9.17, 15) is 14.4 Å². The first-order valence-electron chi connectivity index (χ1n) is 12.2. The van der Waals surface area contributed by atoms with E-state index in [-0.39, 0.29) is 43.1 Å². The molecule has 2 atom stereocenters. The van der Waals surface area contributed by atoms with Crippen LogP contribution in [0.25, 0.3) is 11.1 Å². The van der Waals surface area contributed by atoms with Crippen LogP contribution in [0, 0.1) is 17.3 Å². The van der Waals surface area contributed by atoms with Crippen molar-refractivity contribution in [1.29, 1.82) is 0 Å². The van der Waals surface area contributed by atoms with Gasteiger partial charge in [-0.1, -0.05) is 69.3 Å². The number of carbonyl (C=O) groups is 3. The highest BCUT2D eigenvalue weighted by molar-refractivity contribution is 5.79. The van der Waals surface area contributed by atoms with Gasteiger partial charge in [0.05, 0.1) is 6.42 Å². The molecule has 1 heterocycles. The number of nitrogens with zero attached hydrogens (tertiary/aromatic N) is 1. The quantitative estimate of drug-likeness (QED) is 0.582. The van der Waals surface area contributed by atoms with Crippen molar-refractivity contribution in [2.45, 2.75) is 39.5 Å². The van der Waals surface area contributed by atoms with Gasteiger partial charge in [-0.05, 0) is 39.5 Å². The Morgan fingerprint density at radius 1 is 1.03 bits per heavy atom. The van der Waals surface area contributed by atoms with Crippen LogP contribution in [0.1, 0.15) is 50.7 Å². The average molecular weight is 479 g/mol. The number of hydrogen-bond donors (Lipinski definition) is 2. The van der Waals surface area contributed by atoms with Crippen LogP contribution in [0.2, 0.25) is 0 Å². The van der Waals surface area contributed by atoms with Gasteiger partial charge >= 0.3 is 12.1 Å². The first-order valence-corrected chi connectivity index (χ1v) is 12.2. The highest BCUT2D eigenvalue weighted by atomic mass is 16.5. The third-order valence-corrected chi connectivity index (χ3v) is 7.24. The number of fused-ring (bicyclic) bond motifs is 3. The van der Waals surface area contributed by atoms with Crippen molar-refractivity contribution in [1.82, 2.24) is 10.2 Å². The lowest BCUT2D eigenvalue weighted by Gasteiger charge is -2.27. The van der Waals surface area contributed by atoms with E-state index in [1.165, 1.54) is 11.1 Å². The van der Waals surface area contributed by atoms with E-state index in [1.54, 1.807) is 4.90 Å². The van der Waals surface area contributed by atoms with E-state index in [2.05, 4.69) is 29.6 Å². The normalized spacial score (nSPS) is 19.2. The summed E-state index contributed by atoms with van der Waals surface area (Å²) in [5, 5.41) is 11.9. The molecular weight excluding hydrogens is 444 g/mol. The van der Waals surface area contributed by atoms with Gasteiger partial charge in [0.25, 0.3) is 0 Å². The van der Waals surface area contributed by atoms with Crippen LogP contribution in [0.15, 0.2) is 48.5 Å². The van der Waals surface area contributed by atoms with Gasteiger partial charge in [-0.25, -0.2) is 4.79 Å². The molecule has 0 bridgehead atoms. The van der Waals surface area contributed by atoms with Crippen LogP contribution in [-0.4, -0.2) is 54.2 Å². The molecule has 7 nitrogen and oxygen atoms in total. The summed E-state index contributed by atoms with van der Waals surface area (Å²) >= 11 is 0. The van der Waals surface area contributed by atoms with Gasteiger partial charge in [0.1, 0.15) is 6.61 Å². The van der Waals surface area contributed by atoms with E-state index >= 15 is 0 Å². The summed E-state index contributed by atoms with van der Waals surface area (Å²) in [5.74, 6) is -0.692. The molecule has 2 amide bonds. The highest BCUT2D eigenvalue weighted by Crippen LogP contribution is 2.44. The fourth-order valence-electron chi connectivity index (χ4n) is 5.27. The lowest BCUT2D eigenvalue weighted by molar-refractivity contribution is -0.139. The molecular formula is C28H34N2O5. The maximum atomic E-state index is 12.9. The molecule has 2 N–H and O–H groups in total. The number of ether oxygens (including phenoxy) is 1. The van der Waals surface area contributed by atoms with Crippen molar-refractivity contribution < 1.29 is 24.2 Å². The van der Waals surface area contributed by atoms with Crippen molar-refractivity contribution in [2.24, 2.45) is 17.3 Å². The molecule has 0 spiro atoms. The first-order chi connectivity index (χ1) is 16.6. The van der Waals surface area contributed by atoms with Crippen LogP contribution in [0.5, 0.6) is 0 Å². The number of benzene rings is 2. The number of likely N-dealkylation sites (tertiary alicyclic amines) is 1. The lowest BCUT2D eigenvalue weighted by Crippen LogP contribution is -2.39. The lowest BCUT2D eigenvalue weighted by atomic mass is 9.88. The number of rotatable bonds is 8. The van der Waals surface area contributed by atoms with Gasteiger partial charge < -0.3 is 20.1 Å². The molecule has 0 aromatic heterocycles. The summed E-state index contributed by atoms with van der Waals surface area (Å²) in [4.78, 5) is 38.2. The summed E-state index contributed by atoms with van der Waals surface area (Å²) in [7, 11) is 0. The molecule has 0 radical (unpaired) electrons. The van der Waals surface area contributed by atoms with Crippen LogP contribution in [-0.2, 0) is 14.3 Å². The van der Waals surface area contributed by atoms with E-state index in [0.29, 0.717) is 19.6 Å². The van der Waals surface area contributed by atoms with Gasteiger partial charge in [-0.2, -0.15) is 0 Å². The van der Waals surface area contributed by atoms with Gasteiger partial charge in [0.2, 0.25) is 5.91 Å². The molecule has 1 aliphatic heterocycles. The molecule has 2 aromatic carbocycles. The zero-order chi connectivity index (χ0) is 25.2. The molecule has 2 aromatic rings. The van der Waals surface area contributed by atoms with Crippen molar-refractivity contribution in [2.75, 3.05) is 26.2 Å². The number of nitrogens with one attached hydrogen (secondary N) is 1. The predicted molar refractivity (Wildman–Crippen MR) is 133 cm³/mol. The molecule has 1 saturated heterocycles. The number of alkyl carbamates (subject to hydrolysis) is 1. The second-order valence-electron chi connectivity index (χ2n) is 10.7. The number of carbonyl (C=O) groups excluding carboxylic acids is 2. The minimum absolute atomic E-state index is 0.00126. The molecule has 1 aliphatic carbocycles. The minimum Gasteiger partial charge on any atom is -0.481 e. The van der Waals surface area contributed by atoms with Crippen molar-refractivity contribution in [3.8, 4) is 11.1 Å². The third kappa shape index (κ3) is 5.66. The molecule has 2 aliphatic rings. The SMILES string of the molecule is C[C@@H]1CN(C(=O)CC(C)(C)CNC(=O)OCC2c3ccccc3-c3ccccc32)C[C@H]1CC(=O)O. The van der Waals surface area contributed by atoms with Crippen LogP contribution >= 0.6 is 0 Å². The maximum absolute atomic E-state index is 12.9. The van der Waals surface area contributed by atoms with Crippen LogP contribution < -0.4 is 5.32 Å². The fraction of sp³-hybridized carbons (Fsp3) is 0.464. The van der Waals surface area contributed by atoms with Crippen molar-refractivity contribution >= 4 is 18.0 Å². The molecule has 1 fully saturated rings. The monoisotopic (exact) mass is 478 g/mol. The van der Waals surface area contributed by atoms with Gasteiger partial charge in [0, 0.05) is 32.0 Å². The molecule has 0 unspecified atom stereocenters. The Hall–Kier alpha value is -3.35. The number of aliphatic carboxylic acids is 1. The van der Waals surface area contributed by atoms with E-state index in [0.717, 1.165) is 11.1 Å². The number of hydrogen-bond acceptors (Lipinski definition) is 4. The summed E-state index contributed by atoms with van der Waals surface area (Å²) in [6, 6.07) is 16.4. The molecule has 7 heteroatoms. The molecule has 186 valence electrons. The Labute approximate surface area is 206 Å². The third-order valence-electron chi connectivity index (χ3n) is 7.24. The predicted octanol–water partition coefficient (Wildman–Crippen LogP) is 4.51. The zero-order valence-corrected chi connectivity index (χ0v) is 20.6. The topological polar surface area (TPSA) is 95.9 Å². The standard InChI is InChI=1S/C28H34N2O5/c1-18-14-30(15-19(18)12-26(32)33)25(31)13-28(2,3)17-29-27(34)35-16-24-22-10-6-4-8-20(22)21-9-5-7-11-23(21)24/h4-11,18-19,24H,12-17H2,1-3H3,(H,29,34)(H,32,33)/t18-,19-/m1/s1. The van der Waals surface area contributed by atoms with Gasteiger partial charge in [-0.15, -0.1) is 0 Å². The van der Waals surface area contributed by atoms with Crippen LogP contribution in [0.3, 0.4) is 0 Å². The average Bonchev–Trinajstić information content (AvgIpc) is 3.33. The summed E-state index contributed by atoms with van der Waals surface area (Å²) in [5.41, 5.74) is 4.22. The molecule has 0 saturated carbocycles. The smallest absolute Gasteiger partial charge is 0.407 e. The molecule has 4 rings (SSSR count). The summed E-state index contributed by atoms with van der Waals surface area (Å²) in [6.07, 6.45) is -0.149. The number of amides is 2. The Bertz CT molecular complexity index is 1070. The van der Waals surface area contributed by atoms with Gasteiger partial charge in [0.15, 0.2) is 0 Å². The second kappa shape index (κ2) is 10.1. The largest absolute Gasteiger partial charge is 0.481 e. The van der Waals surface area contributed by atoms with Crippen molar-refractivity contribution in [3.05, 3.63) is 59.7 Å². The summed E-state index contributed by atoms with van der Waals surface area (Å²) < 4.78 is 5.60. The van der Waals surface area contributed by atoms with E-state index in [1.807, 2.05) is 45.0 Å². The Balaban J connectivity index is 1.27. The number of carboxylic acid groups (broad SMARTS) is 1. The first kappa shape index (κ1) is 24.8. The minimum atomic E-state index is -0.830. The van der Waals surface area contributed by atoms with Crippen LogP contribution in [0.4, 0.5) is 4.79 Å². The Morgan fingerprint density at radius 3 is 2.23 bits per heavy atom. The van der Waals surface area contributed by atoms with E-state index in [4.69, 9.17) is 9.84 Å². The zero-order valence-electron chi connectivity index (χ0n) is 20.6. The van der Waals surface area contributed by atoms with Gasteiger partial charge in [-0.3, -0.25) is 9.59 Å². The fourth-order valence-corrected chi connectivity index (χ4v) is 5.27. The second-order valence-corrected chi connectivity index (χ2v) is 10.7. The van der Waals surface area contributed by atoms with E-state index < -0.39 is 17.5 Å². The summed E-state index contributed by atoms with van der Waals surface area (Å²) in [6.45, 7) is 7.46. The Kier molecular flexibility index (Phi) is 7.15. The number of carboxylic acids is 1. The highest BCUT2D eigenvalue weighted by Gasteiger charge is 2.36.